The van der Waals surface area contributed by atoms with Crippen LogP contribution in [0, 0.1) is 13.8 Å². The van der Waals surface area contributed by atoms with Gasteiger partial charge >= 0.3 is 0 Å². The van der Waals surface area contributed by atoms with Crippen LogP contribution in [0.25, 0.3) is 17.1 Å². The first kappa shape index (κ1) is 18.9. The van der Waals surface area contributed by atoms with Crippen molar-refractivity contribution in [3.05, 3.63) is 29.6 Å². The van der Waals surface area contributed by atoms with Crippen LogP contribution in [-0.4, -0.2) is 59.4 Å². The van der Waals surface area contributed by atoms with Crippen molar-refractivity contribution in [1.29, 1.82) is 0 Å². The summed E-state index contributed by atoms with van der Waals surface area (Å²) >= 11 is 0. The van der Waals surface area contributed by atoms with E-state index in [4.69, 9.17) is 15.2 Å². The molecule has 28 heavy (non-hydrogen) atoms. The molecule has 3 aromatic heterocycles. The van der Waals surface area contributed by atoms with Crippen LogP contribution >= 0.6 is 0 Å². The van der Waals surface area contributed by atoms with Crippen molar-refractivity contribution < 1.29 is 0 Å². The lowest BCUT2D eigenvalue weighted by atomic mass is 9.98. The Hall–Kier alpha value is -2.48. The molecule has 1 aliphatic heterocycles. The molecule has 0 amide bonds. The summed E-state index contributed by atoms with van der Waals surface area (Å²) in [5.74, 6) is 2.14. The summed E-state index contributed by atoms with van der Waals surface area (Å²) in [4.78, 5) is 7.42. The molecule has 1 unspecified atom stereocenters. The van der Waals surface area contributed by atoms with Crippen LogP contribution in [0.4, 0.5) is 0 Å². The van der Waals surface area contributed by atoms with Gasteiger partial charge in [-0.1, -0.05) is 0 Å². The zero-order chi connectivity index (χ0) is 20.0. The van der Waals surface area contributed by atoms with E-state index in [0.717, 1.165) is 53.8 Å². The molecule has 0 aromatic carbocycles. The number of likely N-dealkylation sites (tertiary alicyclic amines) is 1. The Balaban J connectivity index is 1.86. The fraction of sp³-hybridized carbons (Fsp3) is 0.600. The maximum atomic E-state index is 5.05. The van der Waals surface area contributed by atoms with Crippen LogP contribution in [0.1, 0.15) is 55.9 Å². The van der Waals surface area contributed by atoms with Crippen molar-refractivity contribution in [2.45, 2.75) is 52.5 Å². The van der Waals surface area contributed by atoms with Crippen LogP contribution in [0.2, 0.25) is 0 Å². The molecule has 4 rings (SSSR count). The lowest BCUT2D eigenvalue weighted by molar-refractivity contribution is 0.246. The molecule has 0 radical (unpaired) electrons. The number of hydrogen-bond donors (Lipinski definition) is 0. The van der Waals surface area contributed by atoms with E-state index in [1.165, 1.54) is 6.42 Å². The molecule has 1 fully saturated rings. The Morgan fingerprint density at radius 1 is 1.14 bits per heavy atom. The summed E-state index contributed by atoms with van der Waals surface area (Å²) in [7, 11) is 4.09. The van der Waals surface area contributed by atoms with Crippen LogP contribution in [0.3, 0.4) is 0 Å². The van der Waals surface area contributed by atoms with E-state index in [0.29, 0.717) is 12.0 Å². The van der Waals surface area contributed by atoms with Crippen molar-refractivity contribution >= 4 is 0 Å². The molecule has 8 heteroatoms. The lowest BCUT2D eigenvalue weighted by Crippen LogP contribution is -2.31. The first-order valence-electron chi connectivity index (χ1n) is 10.1. The van der Waals surface area contributed by atoms with Crippen LogP contribution < -0.4 is 0 Å². The van der Waals surface area contributed by atoms with Crippen molar-refractivity contribution in [3.8, 4) is 17.1 Å². The van der Waals surface area contributed by atoms with Gasteiger partial charge in [0.15, 0.2) is 11.6 Å². The molecule has 1 saturated heterocycles. The normalized spacial score (nSPS) is 18.3. The zero-order valence-corrected chi connectivity index (χ0v) is 17.7. The van der Waals surface area contributed by atoms with Gasteiger partial charge in [0.1, 0.15) is 5.69 Å². The van der Waals surface area contributed by atoms with Crippen LogP contribution in [0.5, 0.6) is 0 Å². The quantitative estimate of drug-likeness (QED) is 0.694. The van der Waals surface area contributed by atoms with Crippen LogP contribution in [-0.2, 0) is 7.05 Å². The van der Waals surface area contributed by atoms with Gasteiger partial charge in [0.05, 0.1) is 23.7 Å². The fourth-order valence-electron chi connectivity index (χ4n) is 4.23. The third-order valence-corrected chi connectivity index (χ3v) is 5.59. The largest absolute Gasteiger partial charge is 0.306 e. The third kappa shape index (κ3) is 3.26. The van der Waals surface area contributed by atoms with Crippen molar-refractivity contribution in [2.24, 2.45) is 7.05 Å². The van der Waals surface area contributed by atoms with Gasteiger partial charge < -0.3 is 4.90 Å². The molecular formula is C20H30N8. The average molecular weight is 383 g/mol. The molecule has 3 aromatic rings. The number of piperidine rings is 1. The molecule has 1 atom stereocenters. The second-order valence-corrected chi connectivity index (χ2v) is 8.26. The predicted octanol–water partition coefficient (Wildman–Crippen LogP) is 2.87. The highest BCUT2D eigenvalue weighted by Gasteiger charge is 2.27. The van der Waals surface area contributed by atoms with E-state index < -0.39 is 0 Å². The van der Waals surface area contributed by atoms with E-state index in [9.17, 15) is 0 Å². The topological polar surface area (TPSA) is 69.6 Å². The number of aryl methyl sites for hydroxylation is 2. The maximum absolute atomic E-state index is 5.05. The first-order chi connectivity index (χ1) is 13.3. The Morgan fingerprint density at radius 2 is 1.93 bits per heavy atom. The first-order valence-corrected chi connectivity index (χ1v) is 10.1. The Morgan fingerprint density at radius 3 is 2.54 bits per heavy atom. The fourth-order valence-corrected chi connectivity index (χ4v) is 4.23. The summed E-state index contributed by atoms with van der Waals surface area (Å²) in [6, 6.07) is 0.300. The second kappa shape index (κ2) is 7.16. The summed E-state index contributed by atoms with van der Waals surface area (Å²) in [6.07, 6.45) is 6.13. The van der Waals surface area contributed by atoms with Crippen molar-refractivity contribution in [2.75, 3.05) is 20.1 Å². The van der Waals surface area contributed by atoms with E-state index in [1.807, 2.05) is 24.1 Å². The minimum atomic E-state index is 0.300. The smallest absolute Gasteiger partial charge is 0.167 e. The van der Waals surface area contributed by atoms with E-state index in [2.05, 4.69) is 49.4 Å². The van der Waals surface area contributed by atoms with E-state index in [-0.39, 0.29) is 0 Å². The van der Waals surface area contributed by atoms with Gasteiger partial charge in [0.25, 0.3) is 0 Å². The van der Waals surface area contributed by atoms with Gasteiger partial charge in [-0.3, -0.25) is 9.36 Å². The second-order valence-electron chi connectivity index (χ2n) is 8.26. The van der Waals surface area contributed by atoms with Gasteiger partial charge in [-0.15, -0.1) is 0 Å². The summed E-state index contributed by atoms with van der Waals surface area (Å²) in [5.41, 5.74) is 4.10. The van der Waals surface area contributed by atoms with Gasteiger partial charge in [0, 0.05) is 31.2 Å². The average Bonchev–Trinajstić information content (AvgIpc) is 3.32. The number of likely N-dealkylation sites (N-methyl/N-ethyl adjacent to an activating group) is 1. The summed E-state index contributed by atoms with van der Waals surface area (Å²) < 4.78 is 5.81. The summed E-state index contributed by atoms with van der Waals surface area (Å²) in [6.45, 7) is 10.6. The lowest BCUT2D eigenvalue weighted by Gasteiger charge is -2.27. The molecule has 0 spiro atoms. The highest BCUT2D eigenvalue weighted by atomic mass is 15.4. The van der Waals surface area contributed by atoms with Crippen LogP contribution in [0.15, 0.2) is 12.4 Å². The molecule has 0 aliphatic carbocycles. The number of rotatable bonds is 4. The number of nitrogens with zero attached hydrogens (tertiary/aromatic N) is 8. The Bertz CT molecular complexity index is 977. The van der Waals surface area contributed by atoms with Gasteiger partial charge in [-0.05, 0) is 54.1 Å². The highest BCUT2D eigenvalue weighted by Crippen LogP contribution is 2.32. The predicted molar refractivity (Wildman–Crippen MR) is 109 cm³/mol. The number of aromatic nitrogens is 7. The van der Waals surface area contributed by atoms with E-state index >= 15 is 0 Å². The molecule has 4 heterocycles. The molecule has 1 aliphatic rings. The molecule has 0 bridgehead atoms. The standard InChI is InChI=1S/C20H30N8/c1-13(2)27-15(4)18(14(3)23-27)20-22-19(16-8-7-9-25(5)11-16)24-28(20)17-10-21-26(6)12-17/h10,12-13,16H,7-9,11H2,1-6H3. The van der Waals surface area contributed by atoms with Crippen molar-refractivity contribution in [3.63, 3.8) is 0 Å². The number of hydrogen-bond acceptors (Lipinski definition) is 5. The van der Waals surface area contributed by atoms with Crippen molar-refractivity contribution in [1.82, 2.24) is 39.2 Å². The third-order valence-electron chi connectivity index (χ3n) is 5.59. The highest BCUT2D eigenvalue weighted by molar-refractivity contribution is 5.63. The Labute approximate surface area is 166 Å². The zero-order valence-electron chi connectivity index (χ0n) is 17.7. The molecule has 150 valence electrons. The van der Waals surface area contributed by atoms with Gasteiger partial charge in [-0.25, -0.2) is 9.67 Å². The minimum Gasteiger partial charge on any atom is -0.306 e. The molecule has 0 saturated carbocycles. The van der Waals surface area contributed by atoms with Gasteiger partial charge in [0.2, 0.25) is 0 Å². The van der Waals surface area contributed by atoms with Gasteiger partial charge in [-0.2, -0.15) is 15.3 Å². The monoisotopic (exact) mass is 382 g/mol. The Kier molecular flexibility index (Phi) is 4.82. The SMILES string of the molecule is Cc1nn(C(C)C)c(C)c1-c1nc(C2CCCN(C)C2)nn1-c1cnn(C)c1. The molecular weight excluding hydrogens is 352 g/mol. The maximum Gasteiger partial charge on any atom is 0.167 e. The minimum absolute atomic E-state index is 0.300. The molecule has 8 nitrogen and oxygen atoms in total. The molecule has 0 N–H and O–H groups in total. The summed E-state index contributed by atoms with van der Waals surface area (Å²) in [5, 5.41) is 14.1. The van der Waals surface area contributed by atoms with E-state index in [1.54, 1.807) is 4.68 Å².